The number of nitrogens with one attached hydrogen (secondary N) is 1. The van der Waals surface area contributed by atoms with Crippen LogP contribution in [0.2, 0.25) is 5.02 Å². The first-order valence-electron chi connectivity index (χ1n) is 8.28. The number of anilines is 1. The minimum Gasteiger partial charge on any atom is -0.452 e. The molecule has 0 aliphatic carbocycles. The maximum absolute atomic E-state index is 14.4. The Balaban J connectivity index is 1.96. The number of pyridine rings is 2. The van der Waals surface area contributed by atoms with E-state index in [1.54, 1.807) is 0 Å². The monoisotopic (exact) mass is 449 g/mol. The van der Waals surface area contributed by atoms with E-state index in [0.717, 1.165) is 12.3 Å². The number of amidine groups is 1. The van der Waals surface area contributed by atoms with E-state index in [1.165, 1.54) is 18.3 Å². The largest absolute Gasteiger partial charge is 0.452 e. The fraction of sp³-hybridized carbons (Fsp3) is 0.294. The number of hydrogen-bond donors (Lipinski definition) is 2. The molecule has 13 heteroatoms. The molecule has 1 amide bonds. The van der Waals surface area contributed by atoms with Crippen LogP contribution in [0.3, 0.4) is 0 Å². The number of halogens is 6. The molecular formula is C17H13ClF5N5O2. The highest BCUT2D eigenvalue weighted by atomic mass is 35.5. The van der Waals surface area contributed by atoms with Crippen LogP contribution in [-0.4, -0.2) is 40.9 Å². The number of alkyl halides is 4. The zero-order chi connectivity index (χ0) is 22.1. The molecule has 3 heterocycles. The standard InChI is InChI=1S/C17H13ClF5N5O2/c18-8-1-2-11(25-5-8)14(29)27-9-3-10(13(20)26-6-9)16(7-19)4-12(17(21,22)23)30-15(24)28-16/h1-3,5-6,12H,4,7H2,(H2,24,28)(H,27,29). The van der Waals surface area contributed by atoms with E-state index in [1.807, 2.05) is 0 Å². The summed E-state index contributed by atoms with van der Waals surface area (Å²) in [5, 5.41) is 2.64. The first kappa shape index (κ1) is 21.7. The molecule has 1 aliphatic rings. The van der Waals surface area contributed by atoms with Crippen molar-refractivity contribution in [1.82, 2.24) is 9.97 Å². The van der Waals surface area contributed by atoms with Crippen molar-refractivity contribution in [1.29, 1.82) is 0 Å². The molecule has 2 atom stereocenters. The smallest absolute Gasteiger partial charge is 0.425 e. The van der Waals surface area contributed by atoms with Crippen LogP contribution in [0.15, 0.2) is 35.6 Å². The molecule has 2 unspecified atom stereocenters. The highest BCUT2D eigenvalue weighted by Gasteiger charge is 2.52. The quantitative estimate of drug-likeness (QED) is 0.550. The van der Waals surface area contributed by atoms with Crippen molar-refractivity contribution in [2.75, 3.05) is 12.0 Å². The second-order valence-electron chi connectivity index (χ2n) is 6.35. The molecule has 0 bridgehead atoms. The van der Waals surface area contributed by atoms with Crippen LogP contribution in [0, 0.1) is 5.95 Å². The lowest BCUT2D eigenvalue weighted by molar-refractivity contribution is -0.209. The van der Waals surface area contributed by atoms with E-state index in [4.69, 9.17) is 17.3 Å². The van der Waals surface area contributed by atoms with Crippen LogP contribution in [0.25, 0.3) is 0 Å². The van der Waals surface area contributed by atoms with Gasteiger partial charge in [0.15, 0.2) is 6.10 Å². The van der Waals surface area contributed by atoms with E-state index in [-0.39, 0.29) is 16.4 Å². The number of carbonyl (C=O) groups is 1. The van der Waals surface area contributed by atoms with Gasteiger partial charge in [-0.2, -0.15) is 17.6 Å². The van der Waals surface area contributed by atoms with Crippen molar-refractivity contribution in [2.45, 2.75) is 24.2 Å². The van der Waals surface area contributed by atoms with Gasteiger partial charge in [-0.05, 0) is 18.2 Å². The molecule has 0 radical (unpaired) electrons. The van der Waals surface area contributed by atoms with E-state index in [2.05, 4.69) is 25.0 Å². The Kier molecular flexibility index (Phi) is 5.79. The molecule has 0 fully saturated rings. The van der Waals surface area contributed by atoms with Crippen LogP contribution in [-0.2, 0) is 10.3 Å². The lowest BCUT2D eigenvalue weighted by Gasteiger charge is -2.36. The summed E-state index contributed by atoms with van der Waals surface area (Å²) in [5.74, 6) is -2.00. The molecule has 160 valence electrons. The summed E-state index contributed by atoms with van der Waals surface area (Å²) in [7, 11) is 0. The van der Waals surface area contributed by atoms with Crippen molar-refractivity contribution in [2.24, 2.45) is 10.7 Å². The molecule has 0 spiro atoms. The Labute approximate surface area is 171 Å². The van der Waals surface area contributed by atoms with Gasteiger partial charge in [0.2, 0.25) is 5.95 Å². The summed E-state index contributed by atoms with van der Waals surface area (Å²) in [5.41, 5.74) is 2.18. The molecule has 1 aliphatic heterocycles. The summed E-state index contributed by atoms with van der Waals surface area (Å²) in [6, 6.07) is 2.72. The van der Waals surface area contributed by atoms with Gasteiger partial charge in [0.25, 0.3) is 11.9 Å². The van der Waals surface area contributed by atoms with Gasteiger partial charge in [-0.3, -0.25) is 4.79 Å². The van der Waals surface area contributed by atoms with Gasteiger partial charge in [-0.15, -0.1) is 0 Å². The van der Waals surface area contributed by atoms with Gasteiger partial charge in [-0.1, -0.05) is 11.6 Å². The highest BCUT2D eigenvalue weighted by Crippen LogP contribution is 2.41. The summed E-state index contributed by atoms with van der Waals surface area (Å²) in [6.07, 6.45) is -6.33. The number of aromatic nitrogens is 2. The van der Waals surface area contributed by atoms with Gasteiger partial charge in [-0.25, -0.2) is 19.4 Å². The van der Waals surface area contributed by atoms with Crippen LogP contribution in [0.4, 0.5) is 27.6 Å². The fourth-order valence-corrected chi connectivity index (χ4v) is 2.95. The Hall–Kier alpha value is -3.02. The van der Waals surface area contributed by atoms with E-state index < -0.39 is 54.4 Å². The van der Waals surface area contributed by atoms with Crippen LogP contribution < -0.4 is 11.1 Å². The summed E-state index contributed by atoms with van der Waals surface area (Å²) < 4.78 is 72.2. The van der Waals surface area contributed by atoms with Crippen LogP contribution in [0.5, 0.6) is 0 Å². The maximum atomic E-state index is 14.4. The fourth-order valence-electron chi connectivity index (χ4n) is 2.83. The molecule has 0 saturated heterocycles. The number of amides is 1. The molecule has 3 N–H and O–H groups in total. The first-order valence-corrected chi connectivity index (χ1v) is 8.65. The first-order chi connectivity index (χ1) is 14.0. The SMILES string of the molecule is NC1=NC(CF)(c2cc(NC(=O)c3ccc(Cl)cn3)cnc2F)CC(C(F)(F)F)O1. The number of carbonyl (C=O) groups excluding carboxylic acids is 1. The molecular weight excluding hydrogens is 437 g/mol. The van der Waals surface area contributed by atoms with Crippen molar-refractivity contribution in [3.63, 3.8) is 0 Å². The van der Waals surface area contributed by atoms with Crippen molar-refractivity contribution in [3.05, 3.63) is 52.8 Å². The van der Waals surface area contributed by atoms with Crippen LogP contribution >= 0.6 is 11.6 Å². The number of ether oxygens (including phenoxy) is 1. The number of aliphatic imine (C=N–C) groups is 1. The van der Waals surface area contributed by atoms with Crippen LogP contribution in [0.1, 0.15) is 22.5 Å². The number of rotatable bonds is 4. The minimum atomic E-state index is -4.89. The summed E-state index contributed by atoms with van der Waals surface area (Å²) in [4.78, 5) is 23.0. The summed E-state index contributed by atoms with van der Waals surface area (Å²) >= 11 is 5.69. The topological polar surface area (TPSA) is 102 Å². The van der Waals surface area contributed by atoms with Gasteiger partial charge < -0.3 is 15.8 Å². The summed E-state index contributed by atoms with van der Waals surface area (Å²) in [6.45, 7) is -1.52. The minimum absolute atomic E-state index is 0.0454. The Morgan fingerprint density at radius 3 is 2.67 bits per heavy atom. The molecule has 0 saturated carbocycles. The lowest BCUT2D eigenvalue weighted by atomic mass is 9.85. The molecule has 3 rings (SSSR count). The Morgan fingerprint density at radius 2 is 2.07 bits per heavy atom. The van der Waals surface area contributed by atoms with Crippen molar-refractivity contribution < 1.29 is 31.5 Å². The molecule has 2 aromatic rings. The predicted octanol–water partition coefficient (Wildman–Crippen LogP) is 3.35. The van der Waals surface area contributed by atoms with Gasteiger partial charge in [0.1, 0.15) is 17.9 Å². The predicted molar refractivity (Wildman–Crippen MR) is 96.2 cm³/mol. The number of hydrogen-bond acceptors (Lipinski definition) is 6. The number of nitrogens with zero attached hydrogens (tertiary/aromatic N) is 3. The normalized spacial score (nSPS) is 21.5. The number of nitrogens with two attached hydrogens (primary N) is 1. The van der Waals surface area contributed by atoms with E-state index in [0.29, 0.717) is 0 Å². The molecule has 7 nitrogen and oxygen atoms in total. The average Bonchev–Trinajstić information content (AvgIpc) is 2.68. The van der Waals surface area contributed by atoms with E-state index >= 15 is 0 Å². The van der Waals surface area contributed by atoms with Gasteiger partial charge >= 0.3 is 6.18 Å². The van der Waals surface area contributed by atoms with Gasteiger partial charge in [0, 0.05) is 18.2 Å². The van der Waals surface area contributed by atoms with Crippen molar-refractivity contribution >= 4 is 29.2 Å². The Bertz CT molecular complexity index is 985. The third-order valence-corrected chi connectivity index (χ3v) is 4.48. The third-order valence-electron chi connectivity index (χ3n) is 4.25. The average molecular weight is 450 g/mol. The van der Waals surface area contributed by atoms with E-state index in [9.17, 15) is 26.7 Å². The van der Waals surface area contributed by atoms with Gasteiger partial charge in [0.05, 0.1) is 16.9 Å². The van der Waals surface area contributed by atoms with Crippen molar-refractivity contribution in [3.8, 4) is 0 Å². The molecule has 30 heavy (non-hydrogen) atoms. The third kappa shape index (κ3) is 4.42. The zero-order valence-corrected chi connectivity index (χ0v) is 15.6. The highest BCUT2D eigenvalue weighted by molar-refractivity contribution is 6.30. The molecule has 0 aromatic carbocycles. The zero-order valence-electron chi connectivity index (χ0n) is 14.9. The Morgan fingerprint density at radius 1 is 1.33 bits per heavy atom. The lowest BCUT2D eigenvalue weighted by Crippen LogP contribution is -2.48. The maximum Gasteiger partial charge on any atom is 0.425 e. The molecule has 2 aromatic heterocycles. The second kappa shape index (κ2) is 8.01. The second-order valence-corrected chi connectivity index (χ2v) is 6.78.